The van der Waals surface area contributed by atoms with Crippen LogP contribution in [-0.2, 0) is 28.6 Å². The largest absolute Gasteiger partial charge is 0.478 e. The van der Waals surface area contributed by atoms with E-state index in [4.69, 9.17) is 19.3 Å². The molecule has 7 nitrogen and oxygen atoms in total. The summed E-state index contributed by atoms with van der Waals surface area (Å²) in [6.07, 6.45) is 2.16. The highest BCUT2D eigenvalue weighted by Gasteiger charge is 2.22. The fourth-order valence-electron chi connectivity index (χ4n) is 1.35. The Balaban J connectivity index is 4.23. The smallest absolute Gasteiger partial charge is 0.347 e. The Hall–Kier alpha value is -1.89. The van der Waals surface area contributed by atoms with Crippen molar-refractivity contribution in [1.29, 1.82) is 0 Å². The van der Waals surface area contributed by atoms with Gasteiger partial charge in [-0.05, 0) is 12.8 Å². The van der Waals surface area contributed by atoms with E-state index < -0.39 is 24.0 Å². The maximum absolute atomic E-state index is 11.7. The van der Waals surface area contributed by atoms with Gasteiger partial charge in [0.25, 0.3) is 0 Å². The van der Waals surface area contributed by atoms with Crippen LogP contribution in [0, 0.1) is 0 Å². The van der Waals surface area contributed by atoms with Gasteiger partial charge in [0.05, 0.1) is 6.61 Å². The van der Waals surface area contributed by atoms with E-state index in [1.807, 2.05) is 13.8 Å². The molecule has 0 saturated heterocycles. The molecule has 7 heteroatoms. The highest BCUT2D eigenvalue weighted by atomic mass is 16.6. The van der Waals surface area contributed by atoms with E-state index in [2.05, 4.69) is 0 Å². The van der Waals surface area contributed by atoms with Gasteiger partial charge in [-0.25, -0.2) is 14.4 Å². The molecular weight excluding hydrogens is 280 g/mol. The van der Waals surface area contributed by atoms with Crippen molar-refractivity contribution in [3.63, 3.8) is 0 Å². The van der Waals surface area contributed by atoms with Crippen LogP contribution >= 0.6 is 0 Å². The molecule has 0 aliphatic rings. The molecule has 1 unspecified atom stereocenters. The van der Waals surface area contributed by atoms with Crippen LogP contribution in [0.3, 0.4) is 0 Å². The molecule has 0 aromatic carbocycles. The Labute approximate surface area is 123 Å². The van der Waals surface area contributed by atoms with Gasteiger partial charge in [0.2, 0.25) is 0 Å². The van der Waals surface area contributed by atoms with Crippen LogP contribution in [0.25, 0.3) is 0 Å². The van der Waals surface area contributed by atoms with E-state index in [1.165, 1.54) is 0 Å². The quantitative estimate of drug-likeness (QED) is 0.349. The number of carbonyl (C=O) groups excluding carboxylic acids is 2. The molecule has 0 radical (unpaired) electrons. The van der Waals surface area contributed by atoms with Crippen LogP contribution in [0.1, 0.15) is 33.1 Å². The zero-order chi connectivity index (χ0) is 16.1. The normalized spacial score (nSPS) is 12.1. The van der Waals surface area contributed by atoms with Crippen LogP contribution in [0.4, 0.5) is 0 Å². The first-order valence-corrected chi connectivity index (χ1v) is 6.87. The lowest BCUT2D eigenvalue weighted by Gasteiger charge is -2.15. The van der Waals surface area contributed by atoms with Crippen molar-refractivity contribution in [1.82, 2.24) is 0 Å². The third kappa shape index (κ3) is 10.5. The van der Waals surface area contributed by atoms with E-state index in [9.17, 15) is 14.4 Å². The third-order valence-electron chi connectivity index (χ3n) is 2.25. The molecule has 0 aromatic heterocycles. The number of hydrogen-bond acceptors (Lipinski definition) is 6. The molecule has 120 valence electrons. The number of aliphatic carboxylic acids is 1. The van der Waals surface area contributed by atoms with Gasteiger partial charge in [-0.3, -0.25) is 0 Å². The molecule has 0 rings (SSSR count). The van der Waals surface area contributed by atoms with Gasteiger partial charge in [0, 0.05) is 18.8 Å². The Bertz CT molecular complexity index is 362. The molecule has 0 bridgehead atoms. The van der Waals surface area contributed by atoms with Crippen molar-refractivity contribution in [2.75, 3.05) is 19.8 Å². The Morgan fingerprint density at radius 1 is 1.05 bits per heavy atom. The van der Waals surface area contributed by atoms with Crippen molar-refractivity contribution < 1.29 is 33.7 Å². The lowest BCUT2D eigenvalue weighted by molar-refractivity contribution is -0.166. The summed E-state index contributed by atoms with van der Waals surface area (Å²) in [5.74, 6) is -2.82. The van der Waals surface area contributed by atoms with Crippen molar-refractivity contribution in [3.05, 3.63) is 12.2 Å². The molecule has 0 aromatic rings. The minimum Gasteiger partial charge on any atom is -0.478 e. The molecule has 0 fully saturated rings. The average molecular weight is 302 g/mol. The van der Waals surface area contributed by atoms with Crippen molar-refractivity contribution in [3.8, 4) is 0 Å². The van der Waals surface area contributed by atoms with Gasteiger partial charge in [-0.15, -0.1) is 0 Å². The highest BCUT2D eigenvalue weighted by molar-refractivity contribution is 5.92. The van der Waals surface area contributed by atoms with Crippen LogP contribution in [-0.4, -0.2) is 48.9 Å². The molecule has 0 aliphatic heterocycles. The standard InChI is InChI=1S/C14H22O7/c1-3-5-11(21-13(17)7-6-12(15)16)14(18)20-10-9-19-8-4-2/h6-7,11H,3-5,8-10H2,1-2H3,(H,15,16)/b7-6+. The first-order chi connectivity index (χ1) is 10.0. The van der Waals surface area contributed by atoms with Gasteiger partial charge in [0.15, 0.2) is 6.10 Å². The van der Waals surface area contributed by atoms with Crippen molar-refractivity contribution >= 4 is 17.9 Å². The lowest BCUT2D eigenvalue weighted by atomic mass is 10.2. The molecule has 0 saturated carbocycles. The first-order valence-electron chi connectivity index (χ1n) is 6.87. The molecule has 1 atom stereocenters. The summed E-state index contributed by atoms with van der Waals surface area (Å²) in [5.41, 5.74) is 0. The second kappa shape index (κ2) is 11.9. The van der Waals surface area contributed by atoms with E-state index in [0.29, 0.717) is 25.5 Å². The predicted octanol–water partition coefficient (Wildman–Crippen LogP) is 1.31. The van der Waals surface area contributed by atoms with Gasteiger partial charge >= 0.3 is 17.9 Å². The lowest BCUT2D eigenvalue weighted by Crippen LogP contribution is -2.29. The van der Waals surface area contributed by atoms with Crippen LogP contribution in [0.5, 0.6) is 0 Å². The second-order valence-corrected chi connectivity index (χ2v) is 4.17. The van der Waals surface area contributed by atoms with E-state index in [-0.39, 0.29) is 13.2 Å². The molecule has 0 aliphatic carbocycles. The van der Waals surface area contributed by atoms with Gasteiger partial charge < -0.3 is 19.3 Å². The monoisotopic (exact) mass is 302 g/mol. The highest BCUT2D eigenvalue weighted by Crippen LogP contribution is 2.06. The van der Waals surface area contributed by atoms with Crippen LogP contribution in [0.15, 0.2) is 12.2 Å². The zero-order valence-electron chi connectivity index (χ0n) is 12.4. The van der Waals surface area contributed by atoms with E-state index >= 15 is 0 Å². The Morgan fingerprint density at radius 2 is 1.76 bits per heavy atom. The van der Waals surface area contributed by atoms with Crippen molar-refractivity contribution in [2.45, 2.75) is 39.2 Å². The predicted molar refractivity (Wildman–Crippen MR) is 73.6 cm³/mol. The minimum absolute atomic E-state index is 0.0849. The molecule has 0 spiro atoms. The van der Waals surface area contributed by atoms with Crippen LogP contribution in [0.2, 0.25) is 0 Å². The molecule has 0 amide bonds. The number of carboxylic acids is 1. The summed E-state index contributed by atoms with van der Waals surface area (Å²) in [5, 5.41) is 8.40. The summed E-state index contributed by atoms with van der Waals surface area (Å²) < 4.78 is 15.0. The summed E-state index contributed by atoms with van der Waals surface area (Å²) in [6.45, 7) is 4.75. The summed E-state index contributed by atoms with van der Waals surface area (Å²) in [6, 6.07) is 0. The first kappa shape index (κ1) is 19.1. The molecular formula is C14H22O7. The second-order valence-electron chi connectivity index (χ2n) is 4.17. The molecule has 1 N–H and O–H groups in total. The average Bonchev–Trinajstić information content (AvgIpc) is 2.44. The third-order valence-corrected chi connectivity index (χ3v) is 2.25. The van der Waals surface area contributed by atoms with Crippen LogP contribution < -0.4 is 0 Å². The van der Waals surface area contributed by atoms with E-state index in [0.717, 1.165) is 12.5 Å². The number of hydrogen-bond donors (Lipinski definition) is 1. The molecule has 21 heavy (non-hydrogen) atoms. The topological polar surface area (TPSA) is 99.1 Å². The minimum atomic E-state index is -1.27. The number of esters is 2. The fraction of sp³-hybridized carbons (Fsp3) is 0.643. The summed E-state index contributed by atoms with van der Waals surface area (Å²) >= 11 is 0. The van der Waals surface area contributed by atoms with Gasteiger partial charge in [-0.2, -0.15) is 0 Å². The maximum atomic E-state index is 11.7. The Kier molecular flexibility index (Phi) is 10.8. The Morgan fingerprint density at radius 3 is 2.33 bits per heavy atom. The summed E-state index contributed by atoms with van der Waals surface area (Å²) in [7, 11) is 0. The van der Waals surface area contributed by atoms with Gasteiger partial charge in [-0.1, -0.05) is 20.3 Å². The number of carbonyl (C=O) groups is 3. The zero-order valence-corrected chi connectivity index (χ0v) is 12.4. The summed E-state index contributed by atoms with van der Waals surface area (Å²) in [4.78, 5) is 33.4. The SMILES string of the molecule is CCCOCCOC(=O)C(CCC)OC(=O)/C=C/C(=O)O. The van der Waals surface area contributed by atoms with Gasteiger partial charge in [0.1, 0.15) is 6.61 Å². The number of carboxylic acid groups (broad SMARTS) is 1. The maximum Gasteiger partial charge on any atom is 0.347 e. The molecule has 0 heterocycles. The number of rotatable bonds is 11. The fourth-order valence-corrected chi connectivity index (χ4v) is 1.35. The number of ether oxygens (including phenoxy) is 3. The van der Waals surface area contributed by atoms with E-state index in [1.54, 1.807) is 0 Å². The van der Waals surface area contributed by atoms with Crippen molar-refractivity contribution in [2.24, 2.45) is 0 Å².